The number of benzene rings is 3. The monoisotopic (exact) mass is 424 g/mol. The van der Waals surface area contributed by atoms with Crippen molar-refractivity contribution in [1.82, 2.24) is 0 Å². The number of aryl methyl sites for hydroxylation is 1. The van der Waals surface area contributed by atoms with Gasteiger partial charge in [0.2, 0.25) is 0 Å². The van der Waals surface area contributed by atoms with E-state index in [2.05, 4.69) is 5.32 Å². The lowest BCUT2D eigenvalue weighted by atomic mass is 10.1. The maximum atomic E-state index is 13.8. The summed E-state index contributed by atoms with van der Waals surface area (Å²) in [4.78, 5) is 12.8. The lowest BCUT2D eigenvalue weighted by Crippen LogP contribution is -2.35. The number of hydrogen-bond donors (Lipinski definition) is 1. The molecule has 5 nitrogen and oxygen atoms in total. The summed E-state index contributed by atoms with van der Waals surface area (Å²) in [7, 11) is -3.72. The quantitative estimate of drug-likeness (QED) is 0.669. The Labute approximate surface area is 175 Å². The van der Waals surface area contributed by atoms with Gasteiger partial charge in [0, 0.05) is 11.6 Å². The third-order valence-corrected chi connectivity index (χ3v) is 7.14. The van der Waals surface area contributed by atoms with Crippen LogP contribution in [0.2, 0.25) is 0 Å². The highest BCUT2D eigenvalue weighted by Gasteiger charge is 2.36. The molecule has 30 heavy (non-hydrogen) atoms. The van der Waals surface area contributed by atoms with Gasteiger partial charge in [0.25, 0.3) is 15.9 Å². The van der Waals surface area contributed by atoms with E-state index in [1.54, 1.807) is 54.6 Å². The van der Waals surface area contributed by atoms with Crippen LogP contribution in [0.3, 0.4) is 0 Å². The summed E-state index contributed by atoms with van der Waals surface area (Å²) in [5.41, 5.74) is 2.75. The van der Waals surface area contributed by atoms with Crippen LogP contribution in [0.5, 0.6) is 0 Å². The Bertz CT molecular complexity index is 1220. The fourth-order valence-corrected chi connectivity index (χ4v) is 5.38. The molecule has 1 aliphatic rings. The van der Waals surface area contributed by atoms with E-state index in [4.69, 9.17) is 0 Å². The molecular weight excluding hydrogens is 403 g/mol. The van der Waals surface area contributed by atoms with Crippen molar-refractivity contribution in [1.29, 1.82) is 0 Å². The Morgan fingerprint density at radius 1 is 1.07 bits per heavy atom. The van der Waals surface area contributed by atoms with Gasteiger partial charge in [-0.05, 0) is 68.3 Å². The fourth-order valence-electron chi connectivity index (χ4n) is 3.69. The molecule has 0 radical (unpaired) electrons. The zero-order chi connectivity index (χ0) is 21.5. The molecule has 4 rings (SSSR count). The van der Waals surface area contributed by atoms with Gasteiger partial charge in [-0.3, -0.25) is 9.10 Å². The van der Waals surface area contributed by atoms with Gasteiger partial charge in [0.1, 0.15) is 5.82 Å². The van der Waals surface area contributed by atoms with Crippen LogP contribution in [-0.2, 0) is 16.4 Å². The molecule has 3 aromatic rings. The van der Waals surface area contributed by atoms with Gasteiger partial charge < -0.3 is 5.32 Å². The smallest absolute Gasteiger partial charge is 0.264 e. The molecule has 7 heteroatoms. The summed E-state index contributed by atoms with van der Waals surface area (Å²) in [6.07, 6.45) is 0.487. The highest BCUT2D eigenvalue weighted by molar-refractivity contribution is 7.92. The Balaban J connectivity index is 1.64. The number of halogens is 1. The molecule has 1 aliphatic heterocycles. The van der Waals surface area contributed by atoms with E-state index in [1.165, 1.54) is 16.4 Å². The molecular formula is C23H21FN2O3S. The summed E-state index contributed by atoms with van der Waals surface area (Å²) in [5.74, 6) is -0.966. The van der Waals surface area contributed by atoms with Gasteiger partial charge in [-0.15, -0.1) is 0 Å². The second kappa shape index (κ2) is 7.57. The van der Waals surface area contributed by atoms with Gasteiger partial charge in [0.15, 0.2) is 0 Å². The van der Waals surface area contributed by atoms with Gasteiger partial charge in [0.05, 0.1) is 16.3 Å². The van der Waals surface area contributed by atoms with Crippen LogP contribution < -0.4 is 9.62 Å². The van der Waals surface area contributed by atoms with Gasteiger partial charge >= 0.3 is 0 Å². The van der Waals surface area contributed by atoms with E-state index in [-0.39, 0.29) is 16.6 Å². The van der Waals surface area contributed by atoms with Crippen LogP contribution in [0.15, 0.2) is 71.6 Å². The normalized spacial score (nSPS) is 15.7. The highest BCUT2D eigenvalue weighted by atomic mass is 32.2. The number of amides is 1. The first-order chi connectivity index (χ1) is 14.3. The van der Waals surface area contributed by atoms with Crippen LogP contribution in [0, 0.1) is 12.7 Å². The molecule has 1 atom stereocenters. The lowest BCUT2D eigenvalue weighted by molar-refractivity contribution is 0.102. The maximum Gasteiger partial charge on any atom is 0.264 e. The second-order valence-corrected chi connectivity index (χ2v) is 9.26. The molecule has 1 amide bonds. The van der Waals surface area contributed by atoms with Crippen LogP contribution in [0.4, 0.5) is 15.8 Å². The minimum absolute atomic E-state index is 0.0972. The molecule has 0 bridgehead atoms. The summed E-state index contributed by atoms with van der Waals surface area (Å²) in [5, 5.41) is 2.56. The first-order valence-electron chi connectivity index (χ1n) is 9.57. The number of nitrogens with one attached hydrogen (secondary N) is 1. The number of rotatable bonds is 4. The zero-order valence-corrected chi connectivity index (χ0v) is 17.4. The first kappa shape index (κ1) is 20.1. The number of para-hydroxylation sites is 1. The molecule has 1 N–H and O–H groups in total. The third kappa shape index (κ3) is 3.57. The number of carbonyl (C=O) groups excluding carboxylic acids is 1. The molecule has 0 fully saturated rings. The predicted molar refractivity (Wildman–Crippen MR) is 115 cm³/mol. The van der Waals surface area contributed by atoms with Crippen molar-refractivity contribution in [2.45, 2.75) is 31.2 Å². The van der Waals surface area contributed by atoms with Crippen molar-refractivity contribution in [3.63, 3.8) is 0 Å². The van der Waals surface area contributed by atoms with Gasteiger partial charge in [-0.2, -0.15) is 0 Å². The van der Waals surface area contributed by atoms with Crippen molar-refractivity contribution >= 4 is 27.3 Å². The first-order valence-corrected chi connectivity index (χ1v) is 11.0. The second-order valence-electron chi connectivity index (χ2n) is 7.44. The number of anilines is 2. The summed E-state index contributed by atoms with van der Waals surface area (Å²) < 4.78 is 41.7. The van der Waals surface area contributed by atoms with Crippen molar-refractivity contribution in [3.05, 3.63) is 89.2 Å². The molecule has 0 saturated carbocycles. The fraction of sp³-hybridized carbons (Fsp3) is 0.174. The van der Waals surface area contributed by atoms with Crippen molar-refractivity contribution < 1.29 is 17.6 Å². The minimum Gasteiger partial charge on any atom is -0.319 e. The molecule has 3 aromatic carbocycles. The summed E-state index contributed by atoms with van der Waals surface area (Å²) >= 11 is 0. The van der Waals surface area contributed by atoms with Crippen LogP contribution >= 0.6 is 0 Å². The molecule has 0 aliphatic carbocycles. The predicted octanol–water partition coefficient (Wildman–Crippen LogP) is 4.53. The zero-order valence-electron chi connectivity index (χ0n) is 16.6. The largest absolute Gasteiger partial charge is 0.319 e. The number of hydrogen-bond acceptors (Lipinski definition) is 3. The number of nitrogens with zero attached hydrogens (tertiary/aromatic N) is 1. The van der Waals surface area contributed by atoms with Crippen molar-refractivity contribution in [2.24, 2.45) is 0 Å². The number of carbonyl (C=O) groups is 1. The molecule has 0 saturated heterocycles. The Kier molecular flexibility index (Phi) is 5.07. The molecule has 0 unspecified atom stereocenters. The Morgan fingerprint density at radius 2 is 1.77 bits per heavy atom. The standard InChI is InChI=1S/C23H21FN2O3S/c1-15-7-10-19(11-8-15)30(28,29)26-16(2)13-18-14-17(9-12-22(18)26)23(27)25-21-6-4-3-5-20(21)24/h3-12,14,16H,13H2,1-2H3,(H,25,27)/t16-/m1/s1. The van der Waals surface area contributed by atoms with Crippen molar-refractivity contribution in [2.75, 3.05) is 9.62 Å². The van der Waals surface area contributed by atoms with Crippen LogP contribution in [0.25, 0.3) is 0 Å². The number of sulfonamides is 1. The van der Waals surface area contributed by atoms with E-state index in [0.717, 1.165) is 11.1 Å². The molecule has 0 aromatic heterocycles. The molecule has 0 spiro atoms. The Hall–Kier alpha value is -3.19. The average molecular weight is 424 g/mol. The van der Waals surface area contributed by atoms with E-state index in [0.29, 0.717) is 17.7 Å². The van der Waals surface area contributed by atoms with Crippen LogP contribution in [0.1, 0.15) is 28.4 Å². The minimum atomic E-state index is -3.72. The third-order valence-electron chi connectivity index (χ3n) is 5.19. The SMILES string of the molecule is Cc1ccc(S(=O)(=O)N2c3ccc(C(=O)Nc4ccccc4F)cc3C[C@H]2C)cc1. The van der Waals surface area contributed by atoms with Gasteiger partial charge in [-0.1, -0.05) is 29.8 Å². The van der Waals surface area contributed by atoms with Gasteiger partial charge in [-0.25, -0.2) is 12.8 Å². The summed E-state index contributed by atoms with van der Waals surface area (Å²) in [6.45, 7) is 3.74. The van der Waals surface area contributed by atoms with Crippen molar-refractivity contribution in [3.8, 4) is 0 Å². The van der Waals surface area contributed by atoms with E-state index in [9.17, 15) is 17.6 Å². The highest BCUT2D eigenvalue weighted by Crippen LogP contribution is 2.37. The van der Waals surface area contributed by atoms with E-state index < -0.39 is 21.7 Å². The topological polar surface area (TPSA) is 66.5 Å². The van der Waals surface area contributed by atoms with E-state index >= 15 is 0 Å². The summed E-state index contributed by atoms with van der Waals surface area (Å²) in [6, 6.07) is 17.3. The average Bonchev–Trinajstić information content (AvgIpc) is 3.05. The maximum absolute atomic E-state index is 13.8. The van der Waals surface area contributed by atoms with Crippen LogP contribution in [-0.4, -0.2) is 20.4 Å². The van der Waals surface area contributed by atoms with E-state index in [1.807, 2.05) is 13.8 Å². The Morgan fingerprint density at radius 3 is 2.47 bits per heavy atom. The molecule has 154 valence electrons. The molecule has 1 heterocycles. The lowest BCUT2D eigenvalue weighted by Gasteiger charge is -2.24. The number of fused-ring (bicyclic) bond motifs is 1.